The molecular formula is C12H14F3NO3. The van der Waals surface area contributed by atoms with E-state index in [1.165, 1.54) is 19.2 Å². The molecule has 1 aromatic rings. The SMILES string of the molecule is COC(=O)CNCC(O)c1ccc(C(F)(F)F)cc1. The molecule has 106 valence electrons. The van der Waals surface area contributed by atoms with Crippen LogP contribution < -0.4 is 5.32 Å². The minimum absolute atomic E-state index is 0.0421. The highest BCUT2D eigenvalue weighted by molar-refractivity contribution is 5.71. The number of aliphatic hydroxyl groups excluding tert-OH is 1. The summed E-state index contributed by atoms with van der Waals surface area (Å²) in [5.41, 5.74) is -0.434. The molecule has 0 aliphatic heterocycles. The summed E-state index contributed by atoms with van der Waals surface area (Å²) in [7, 11) is 1.23. The van der Waals surface area contributed by atoms with Crippen LogP contribution >= 0.6 is 0 Å². The van der Waals surface area contributed by atoms with Crippen molar-refractivity contribution in [1.82, 2.24) is 5.32 Å². The lowest BCUT2D eigenvalue weighted by Crippen LogP contribution is -2.28. The molecule has 1 aromatic carbocycles. The van der Waals surface area contributed by atoms with Crippen LogP contribution in [0.4, 0.5) is 13.2 Å². The Balaban J connectivity index is 2.53. The zero-order valence-electron chi connectivity index (χ0n) is 10.2. The molecule has 0 aliphatic carbocycles. The number of benzene rings is 1. The molecule has 1 atom stereocenters. The smallest absolute Gasteiger partial charge is 0.416 e. The van der Waals surface area contributed by atoms with Crippen molar-refractivity contribution < 1.29 is 27.8 Å². The average Bonchev–Trinajstić information content (AvgIpc) is 2.37. The van der Waals surface area contributed by atoms with E-state index in [-0.39, 0.29) is 13.1 Å². The maximum Gasteiger partial charge on any atom is 0.416 e. The van der Waals surface area contributed by atoms with Crippen molar-refractivity contribution in [2.45, 2.75) is 12.3 Å². The Kier molecular flexibility index (Phi) is 5.31. The number of esters is 1. The van der Waals surface area contributed by atoms with Crippen molar-refractivity contribution in [3.05, 3.63) is 35.4 Å². The summed E-state index contributed by atoms with van der Waals surface area (Å²) in [4.78, 5) is 10.8. The number of alkyl halides is 3. The summed E-state index contributed by atoms with van der Waals surface area (Å²) in [6.45, 7) is -0.0331. The van der Waals surface area contributed by atoms with Crippen molar-refractivity contribution in [1.29, 1.82) is 0 Å². The van der Waals surface area contributed by atoms with Crippen molar-refractivity contribution in [3.8, 4) is 0 Å². The van der Waals surface area contributed by atoms with E-state index in [0.717, 1.165) is 12.1 Å². The van der Waals surface area contributed by atoms with Crippen molar-refractivity contribution >= 4 is 5.97 Å². The largest absolute Gasteiger partial charge is 0.468 e. The van der Waals surface area contributed by atoms with E-state index in [0.29, 0.717) is 5.56 Å². The molecule has 0 heterocycles. The number of hydrogen-bond acceptors (Lipinski definition) is 4. The number of rotatable bonds is 5. The van der Waals surface area contributed by atoms with Gasteiger partial charge in [0.05, 0.1) is 25.3 Å². The first-order chi connectivity index (χ1) is 8.84. The van der Waals surface area contributed by atoms with Crippen LogP contribution in [0.3, 0.4) is 0 Å². The van der Waals surface area contributed by atoms with Gasteiger partial charge in [0.2, 0.25) is 0 Å². The predicted octanol–water partition coefficient (Wildman–Crippen LogP) is 1.50. The third-order valence-electron chi connectivity index (χ3n) is 2.46. The van der Waals surface area contributed by atoms with E-state index in [2.05, 4.69) is 10.1 Å². The summed E-state index contributed by atoms with van der Waals surface area (Å²) < 4.78 is 41.4. The zero-order valence-corrected chi connectivity index (χ0v) is 10.2. The molecule has 7 heteroatoms. The van der Waals surface area contributed by atoms with Crippen LogP contribution in [0, 0.1) is 0 Å². The van der Waals surface area contributed by atoms with Crippen molar-refractivity contribution in [3.63, 3.8) is 0 Å². The first-order valence-corrected chi connectivity index (χ1v) is 5.47. The highest BCUT2D eigenvalue weighted by Crippen LogP contribution is 2.29. The highest BCUT2D eigenvalue weighted by atomic mass is 19.4. The number of hydrogen-bond donors (Lipinski definition) is 2. The molecular weight excluding hydrogens is 263 g/mol. The summed E-state index contributed by atoms with van der Waals surface area (Å²) in [5, 5.41) is 12.3. The van der Waals surface area contributed by atoms with E-state index in [1.54, 1.807) is 0 Å². The van der Waals surface area contributed by atoms with Gasteiger partial charge >= 0.3 is 12.1 Å². The second-order valence-corrected chi connectivity index (χ2v) is 3.84. The fraction of sp³-hybridized carbons (Fsp3) is 0.417. The Morgan fingerprint density at radius 1 is 1.37 bits per heavy atom. The third-order valence-corrected chi connectivity index (χ3v) is 2.46. The standard InChI is InChI=1S/C12H14F3NO3/c1-19-11(18)7-16-6-10(17)8-2-4-9(5-3-8)12(13,14)15/h2-5,10,16-17H,6-7H2,1H3. The maximum atomic E-state index is 12.3. The number of halogens is 3. The van der Waals surface area contributed by atoms with Gasteiger partial charge < -0.3 is 15.2 Å². The number of carbonyl (C=O) groups is 1. The lowest BCUT2D eigenvalue weighted by molar-refractivity contribution is -0.139. The van der Waals surface area contributed by atoms with Gasteiger partial charge in [0.15, 0.2) is 0 Å². The van der Waals surface area contributed by atoms with Crippen LogP contribution in [-0.2, 0) is 15.7 Å². The van der Waals surface area contributed by atoms with Crippen molar-refractivity contribution in [2.24, 2.45) is 0 Å². The molecule has 0 aliphatic rings. The Morgan fingerprint density at radius 3 is 2.42 bits per heavy atom. The lowest BCUT2D eigenvalue weighted by Gasteiger charge is -2.13. The molecule has 1 unspecified atom stereocenters. The summed E-state index contributed by atoms with van der Waals surface area (Å²) >= 11 is 0. The molecule has 2 N–H and O–H groups in total. The molecule has 0 spiro atoms. The Hall–Kier alpha value is -1.60. The molecule has 1 rings (SSSR count). The first-order valence-electron chi connectivity index (χ1n) is 5.47. The number of aliphatic hydroxyl groups is 1. The van der Waals surface area contributed by atoms with Gasteiger partial charge in [-0.15, -0.1) is 0 Å². The van der Waals surface area contributed by atoms with Gasteiger partial charge in [-0.25, -0.2) is 0 Å². The predicted molar refractivity (Wildman–Crippen MR) is 61.3 cm³/mol. The van der Waals surface area contributed by atoms with Gasteiger partial charge in [-0.2, -0.15) is 13.2 Å². The summed E-state index contributed by atoms with van der Waals surface area (Å²) in [6.07, 6.45) is -5.39. The van der Waals surface area contributed by atoms with E-state index >= 15 is 0 Å². The molecule has 0 saturated carbocycles. The van der Waals surface area contributed by atoms with E-state index < -0.39 is 23.8 Å². The van der Waals surface area contributed by atoms with Gasteiger partial charge in [-0.05, 0) is 17.7 Å². The molecule has 0 saturated heterocycles. The van der Waals surface area contributed by atoms with Crippen molar-refractivity contribution in [2.75, 3.05) is 20.2 Å². The average molecular weight is 277 g/mol. The molecule has 0 aromatic heterocycles. The first kappa shape index (κ1) is 15.5. The summed E-state index contributed by atoms with van der Waals surface area (Å²) in [5.74, 6) is -0.486. The van der Waals surface area contributed by atoms with Gasteiger partial charge in [0.25, 0.3) is 0 Å². The monoisotopic (exact) mass is 277 g/mol. The number of nitrogens with one attached hydrogen (secondary N) is 1. The molecule has 0 bridgehead atoms. The van der Waals surface area contributed by atoms with Gasteiger partial charge in [-0.1, -0.05) is 12.1 Å². The van der Waals surface area contributed by atoms with Crippen LogP contribution in [0.15, 0.2) is 24.3 Å². The van der Waals surface area contributed by atoms with Gasteiger partial charge in [0, 0.05) is 6.54 Å². The van der Waals surface area contributed by atoms with Gasteiger partial charge in [-0.3, -0.25) is 4.79 Å². The minimum Gasteiger partial charge on any atom is -0.468 e. The van der Waals surface area contributed by atoms with E-state index in [9.17, 15) is 23.1 Å². The normalized spacial score (nSPS) is 13.1. The number of carbonyl (C=O) groups excluding carboxylic acids is 1. The Labute approximate surface area is 108 Å². The van der Waals surface area contributed by atoms with Crippen LogP contribution in [0.25, 0.3) is 0 Å². The second kappa shape index (κ2) is 6.53. The summed E-state index contributed by atoms with van der Waals surface area (Å²) in [6, 6.07) is 4.21. The maximum absolute atomic E-state index is 12.3. The minimum atomic E-state index is -4.40. The number of methoxy groups -OCH3 is 1. The fourth-order valence-corrected chi connectivity index (χ4v) is 1.40. The van der Waals surface area contributed by atoms with Crippen LogP contribution in [0.5, 0.6) is 0 Å². The molecule has 0 fully saturated rings. The quantitative estimate of drug-likeness (QED) is 0.801. The molecule has 0 amide bonds. The van der Waals surface area contributed by atoms with Crippen LogP contribution in [0.1, 0.15) is 17.2 Å². The van der Waals surface area contributed by atoms with E-state index in [1.807, 2.05) is 0 Å². The van der Waals surface area contributed by atoms with E-state index in [4.69, 9.17) is 0 Å². The molecule has 4 nitrogen and oxygen atoms in total. The number of ether oxygens (including phenoxy) is 1. The second-order valence-electron chi connectivity index (χ2n) is 3.84. The van der Waals surface area contributed by atoms with Crippen LogP contribution in [0.2, 0.25) is 0 Å². The third kappa shape index (κ3) is 4.88. The Morgan fingerprint density at radius 2 is 1.95 bits per heavy atom. The topological polar surface area (TPSA) is 58.6 Å². The lowest BCUT2D eigenvalue weighted by atomic mass is 10.1. The molecule has 19 heavy (non-hydrogen) atoms. The van der Waals surface area contributed by atoms with Crippen LogP contribution in [-0.4, -0.2) is 31.3 Å². The highest BCUT2D eigenvalue weighted by Gasteiger charge is 2.30. The van der Waals surface area contributed by atoms with Gasteiger partial charge in [0.1, 0.15) is 0 Å². The zero-order chi connectivity index (χ0) is 14.5. The fourth-order valence-electron chi connectivity index (χ4n) is 1.40. The Bertz CT molecular complexity index is 417. The molecule has 0 radical (unpaired) electrons.